The number of amides is 1. The van der Waals surface area contributed by atoms with Crippen LogP contribution in [-0.2, 0) is 9.59 Å². The van der Waals surface area contributed by atoms with Gasteiger partial charge in [0.2, 0.25) is 5.91 Å². The average Bonchev–Trinajstić information content (AvgIpc) is 2.65. The van der Waals surface area contributed by atoms with Crippen molar-refractivity contribution in [2.24, 2.45) is 0 Å². The van der Waals surface area contributed by atoms with Gasteiger partial charge >= 0.3 is 5.97 Å². The Kier molecular flexibility index (Phi) is 5.07. The Balaban J connectivity index is 2.04. The molecule has 132 valence electrons. The molecule has 7 nitrogen and oxygen atoms in total. The molecular formula is C19H17N3O4. The highest BCUT2D eigenvalue weighted by atomic mass is 16.4. The van der Waals surface area contributed by atoms with E-state index in [-0.39, 0.29) is 18.5 Å². The molecule has 0 aliphatic heterocycles. The first-order valence-electron chi connectivity index (χ1n) is 8.08. The monoisotopic (exact) mass is 351 g/mol. The molecule has 0 fully saturated rings. The molecule has 1 unspecified atom stereocenters. The van der Waals surface area contributed by atoms with Gasteiger partial charge in [0.1, 0.15) is 6.04 Å². The zero-order chi connectivity index (χ0) is 18.5. The van der Waals surface area contributed by atoms with Gasteiger partial charge in [-0.2, -0.15) is 0 Å². The van der Waals surface area contributed by atoms with Gasteiger partial charge in [-0.05, 0) is 17.7 Å². The van der Waals surface area contributed by atoms with Crippen LogP contribution in [0.5, 0.6) is 0 Å². The van der Waals surface area contributed by atoms with Crippen molar-refractivity contribution in [2.75, 3.05) is 6.54 Å². The Morgan fingerprint density at radius 2 is 1.77 bits per heavy atom. The van der Waals surface area contributed by atoms with Gasteiger partial charge < -0.3 is 10.4 Å². The number of para-hydroxylation sites is 1. The highest BCUT2D eigenvalue weighted by Gasteiger charge is 2.24. The fourth-order valence-corrected chi connectivity index (χ4v) is 2.73. The molecular weight excluding hydrogens is 334 g/mol. The summed E-state index contributed by atoms with van der Waals surface area (Å²) in [6, 6.07) is 14.8. The first-order valence-corrected chi connectivity index (χ1v) is 8.08. The number of rotatable bonds is 6. The van der Waals surface area contributed by atoms with E-state index in [1.165, 1.54) is 10.9 Å². The van der Waals surface area contributed by atoms with Gasteiger partial charge in [0, 0.05) is 6.54 Å². The molecule has 2 N–H and O–H groups in total. The molecule has 1 atom stereocenters. The maximum atomic E-state index is 12.9. The third-order valence-electron chi connectivity index (χ3n) is 3.97. The van der Waals surface area contributed by atoms with Crippen LogP contribution < -0.4 is 10.9 Å². The molecule has 0 spiro atoms. The number of benzene rings is 2. The number of nitrogens with zero attached hydrogens (tertiary/aromatic N) is 2. The van der Waals surface area contributed by atoms with E-state index in [1.54, 1.807) is 48.5 Å². The second-order valence-corrected chi connectivity index (χ2v) is 5.72. The standard InChI is InChI=1S/C19H17N3O4/c23-16(24)10-11-20-18(25)17(13-6-2-1-3-7-13)22-12-21-15-9-5-4-8-14(15)19(22)26/h1-9,12,17H,10-11H2,(H,20,25)(H,23,24). The smallest absolute Gasteiger partial charge is 0.305 e. The Bertz CT molecular complexity index is 998. The molecule has 0 bridgehead atoms. The van der Waals surface area contributed by atoms with Crippen molar-refractivity contribution in [1.29, 1.82) is 0 Å². The lowest BCUT2D eigenvalue weighted by atomic mass is 10.1. The Hall–Kier alpha value is -3.48. The van der Waals surface area contributed by atoms with E-state index in [0.29, 0.717) is 16.5 Å². The van der Waals surface area contributed by atoms with E-state index in [2.05, 4.69) is 10.3 Å². The maximum Gasteiger partial charge on any atom is 0.305 e. The van der Waals surface area contributed by atoms with E-state index >= 15 is 0 Å². The summed E-state index contributed by atoms with van der Waals surface area (Å²) >= 11 is 0. The molecule has 26 heavy (non-hydrogen) atoms. The number of carbonyl (C=O) groups excluding carboxylic acids is 1. The first-order chi connectivity index (χ1) is 12.6. The molecule has 0 aliphatic rings. The van der Waals surface area contributed by atoms with E-state index < -0.39 is 17.9 Å². The molecule has 3 aromatic rings. The molecule has 0 aliphatic carbocycles. The van der Waals surface area contributed by atoms with E-state index in [0.717, 1.165) is 0 Å². The second-order valence-electron chi connectivity index (χ2n) is 5.72. The number of hydrogen-bond acceptors (Lipinski definition) is 4. The Labute approximate surface area is 148 Å². The van der Waals surface area contributed by atoms with Gasteiger partial charge in [-0.15, -0.1) is 0 Å². The quantitative estimate of drug-likeness (QED) is 0.702. The molecule has 1 heterocycles. The van der Waals surface area contributed by atoms with Crippen molar-refractivity contribution < 1.29 is 14.7 Å². The summed E-state index contributed by atoms with van der Waals surface area (Å²) in [6.07, 6.45) is 1.15. The second kappa shape index (κ2) is 7.60. The number of fused-ring (bicyclic) bond motifs is 1. The summed E-state index contributed by atoms with van der Waals surface area (Å²) in [7, 11) is 0. The van der Waals surface area contributed by atoms with Crippen molar-refractivity contribution >= 4 is 22.8 Å². The molecule has 0 radical (unpaired) electrons. The maximum absolute atomic E-state index is 12.9. The van der Waals surface area contributed by atoms with Gasteiger partial charge in [-0.3, -0.25) is 19.0 Å². The molecule has 7 heteroatoms. The summed E-state index contributed by atoms with van der Waals surface area (Å²) < 4.78 is 1.27. The molecule has 1 amide bonds. The topological polar surface area (TPSA) is 101 Å². The molecule has 1 aromatic heterocycles. The first kappa shape index (κ1) is 17.3. The fourth-order valence-electron chi connectivity index (χ4n) is 2.73. The van der Waals surface area contributed by atoms with Crippen LogP contribution in [0.15, 0.2) is 65.7 Å². The number of carboxylic acids is 1. The highest BCUT2D eigenvalue weighted by molar-refractivity contribution is 5.85. The van der Waals surface area contributed by atoms with Crippen LogP contribution in [0.3, 0.4) is 0 Å². The zero-order valence-electron chi connectivity index (χ0n) is 13.8. The van der Waals surface area contributed by atoms with Gasteiger partial charge in [0.25, 0.3) is 5.56 Å². The Morgan fingerprint density at radius 1 is 1.08 bits per heavy atom. The highest BCUT2D eigenvalue weighted by Crippen LogP contribution is 2.18. The predicted molar refractivity (Wildman–Crippen MR) is 95.8 cm³/mol. The fraction of sp³-hybridized carbons (Fsp3) is 0.158. The van der Waals surface area contributed by atoms with Crippen LogP contribution in [0, 0.1) is 0 Å². The zero-order valence-corrected chi connectivity index (χ0v) is 13.8. The molecule has 2 aromatic carbocycles. The number of hydrogen-bond donors (Lipinski definition) is 2. The van der Waals surface area contributed by atoms with Crippen molar-refractivity contribution in [3.05, 3.63) is 76.8 Å². The van der Waals surface area contributed by atoms with E-state index in [1.807, 2.05) is 6.07 Å². The SMILES string of the molecule is O=C(O)CCNC(=O)C(c1ccccc1)n1cnc2ccccc2c1=O. The van der Waals surface area contributed by atoms with Crippen molar-refractivity contribution in [1.82, 2.24) is 14.9 Å². The minimum Gasteiger partial charge on any atom is -0.481 e. The average molecular weight is 351 g/mol. The van der Waals surface area contributed by atoms with Crippen LogP contribution >= 0.6 is 0 Å². The minimum atomic E-state index is -1.01. The van der Waals surface area contributed by atoms with Crippen molar-refractivity contribution in [2.45, 2.75) is 12.5 Å². The van der Waals surface area contributed by atoms with Crippen LogP contribution in [0.4, 0.5) is 0 Å². The summed E-state index contributed by atoms with van der Waals surface area (Å²) in [5.74, 6) is -1.47. The number of aromatic nitrogens is 2. The van der Waals surface area contributed by atoms with Crippen molar-refractivity contribution in [3.63, 3.8) is 0 Å². The van der Waals surface area contributed by atoms with Crippen LogP contribution in [0.2, 0.25) is 0 Å². The molecule has 3 rings (SSSR count). The van der Waals surface area contributed by atoms with Gasteiger partial charge in [0.05, 0.1) is 23.7 Å². The largest absolute Gasteiger partial charge is 0.481 e. The van der Waals surface area contributed by atoms with E-state index in [4.69, 9.17) is 5.11 Å². The van der Waals surface area contributed by atoms with Crippen molar-refractivity contribution in [3.8, 4) is 0 Å². The minimum absolute atomic E-state index is 0.0206. The summed E-state index contributed by atoms with van der Waals surface area (Å²) in [5, 5.41) is 11.7. The van der Waals surface area contributed by atoms with Crippen LogP contribution in [0.1, 0.15) is 18.0 Å². The predicted octanol–water partition coefficient (Wildman–Crippen LogP) is 1.58. The number of carboxylic acid groups (broad SMARTS) is 1. The lowest BCUT2D eigenvalue weighted by Crippen LogP contribution is -2.38. The van der Waals surface area contributed by atoms with Crippen LogP contribution in [-0.4, -0.2) is 33.1 Å². The third-order valence-corrected chi connectivity index (χ3v) is 3.97. The number of aliphatic carboxylic acids is 1. The number of nitrogens with one attached hydrogen (secondary N) is 1. The lowest BCUT2D eigenvalue weighted by molar-refractivity contribution is -0.137. The molecule has 0 saturated heterocycles. The summed E-state index contributed by atoms with van der Waals surface area (Å²) in [4.78, 5) is 40.5. The van der Waals surface area contributed by atoms with Gasteiger partial charge in [-0.1, -0.05) is 42.5 Å². The third kappa shape index (κ3) is 3.61. The molecule has 0 saturated carbocycles. The van der Waals surface area contributed by atoms with Crippen LogP contribution in [0.25, 0.3) is 10.9 Å². The summed E-state index contributed by atoms with van der Waals surface area (Å²) in [6.45, 7) is -0.0206. The van der Waals surface area contributed by atoms with Gasteiger partial charge in [0.15, 0.2) is 0 Å². The Morgan fingerprint density at radius 3 is 2.50 bits per heavy atom. The summed E-state index contributed by atoms with van der Waals surface area (Å²) in [5.41, 5.74) is 0.823. The normalized spacial score (nSPS) is 11.8. The number of carbonyl (C=O) groups is 2. The van der Waals surface area contributed by atoms with E-state index in [9.17, 15) is 14.4 Å². The van der Waals surface area contributed by atoms with Gasteiger partial charge in [-0.25, -0.2) is 4.98 Å². The lowest BCUT2D eigenvalue weighted by Gasteiger charge is -2.19.